The van der Waals surface area contributed by atoms with E-state index in [2.05, 4.69) is 4.74 Å². The fourth-order valence-electron chi connectivity index (χ4n) is 0.918. The van der Waals surface area contributed by atoms with Crippen molar-refractivity contribution in [3.8, 4) is 0 Å². The number of fused-ring (bicyclic) bond motifs is 1. The van der Waals surface area contributed by atoms with Crippen LogP contribution in [-0.4, -0.2) is 12.1 Å². The fourth-order valence-corrected chi connectivity index (χ4v) is 0.918. The average molecular weight is 98.1 g/mol. The number of carbonyl (C=O) groups excluding carboxylic acids is 1. The van der Waals surface area contributed by atoms with E-state index in [1.807, 2.05) is 6.92 Å². The van der Waals surface area contributed by atoms with Gasteiger partial charge in [-0.05, 0) is 6.92 Å². The van der Waals surface area contributed by atoms with Crippen LogP contribution >= 0.6 is 0 Å². The molecule has 2 rings (SSSR count). The maximum absolute atomic E-state index is 10.4. The van der Waals surface area contributed by atoms with Gasteiger partial charge in [0, 0.05) is 6.42 Å². The molecule has 2 atom stereocenters. The second-order valence-electron chi connectivity index (χ2n) is 2.52. The quantitative estimate of drug-likeness (QED) is 0.408. The summed E-state index contributed by atoms with van der Waals surface area (Å²) < 4.78 is 4.68. The summed E-state index contributed by atoms with van der Waals surface area (Å²) in [5, 5.41) is 0. The molecule has 1 heterocycles. The molecule has 0 aromatic rings. The van der Waals surface area contributed by atoms with Crippen molar-refractivity contribution in [1.29, 1.82) is 0 Å². The van der Waals surface area contributed by atoms with Crippen molar-refractivity contribution in [3.63, 3.8) is 0 Å². The standard InChI is InChI=1S/C5H6O2/c1-5-2-3(5)7-4(5)6/h3H,2H2,1H3. The van der Waals surface area contributed by atoms with E-state index in [1.54, 1.807) is 0 Å². The summed E-state index contributed by atoms with van der Waals surface area (Å²) in [6.45, 7) is 1.95. The Kier molecular flexibility index (Phi) is 0.299. The number of hydrogen-bond donors (Lipinski definition) is 0. The second-order valence-corrected chi connectivity index (χ2v) is 2.52. The smallest absolute Gasteiger partial charge is 0.316 e. The lowest BCUT2D eigenvalue weighted by Crippen LogP contribution is -2.31. The van der Waals surface area contributed by atoms with Crippen molar-refractivity contribution in [2.24, 2.45) is 5.41 Å². The van der Waals surface area contributed by atoms with Gasteiger partial charge in [-0.25, -0.2) is 0 Å². The van der Waals surface area contributed by atoms with E-state index in [0.717, 1.165) is 6.42 Å². The lowest BCUT2D eigenvalue weighted by atomic mass is 10.1. The molecule has 7 heavy (non-hydrogen) atoms. The van der Waals surface area contributed by atoms with E-state index < -0.39 is 0 Å². The van der Waals surface area contributed by atoms with Gasteiger partial charge in [-0.1, -0.05) is 0 Å². The lowest BCUT2D eigenvalue weighted by molar-refractivity contribution is -0.167. The lowest BCUT2D eigenvalue weighted by Gasteiger charge is -2.18. The molecule has 38 valence electrons. The molecule has 0 aromatic carbocycles. The minimum Gasteiger partial charge on any atom is -0.461 e. The first-order chi connectivity index (χ1) is 3.23. The third-order valence-corrected chi connectivity index (χ3v) is 1.88. The van der Waals surface area contributed by atoms with Gasteiger partial charge >= 0.3 is 5.97 Å². The fraction of sp³-hybridized carbons (Fsp3) is 0.800. The molecular formula is C5H6O2. The highest BCUT2D eigenvalue weighted by Gasteiger charge is 2.69. The molecule has 2 aliphatic rings. The number of ether oxygens (including phenoxy) is 1. The largest absolute Gasteiger partial charge is 0.461 e. The van der Waals surface area contributed by atoms with Crippen LogP contribution in [0.2, 0.25) is 0 Å². The van der Waals surface area contributed by atoms with Gasteiger partial charge in [0.15, 0.2) is 0 Å². The van der Waals surface area contributed by atoms with Crippen molar-refractivity contribution in [2.45, 2.75) is 19.4 Å². The highest BCUT2D eigenvalue weighted by atomic mass is 16.6. The zero-order chi connectivity index (χ0) is 5.07. The van der Waals surface area contributed by atoms with Gasteiger partial charge in [-0.15, -0.1) is 0 Å². The van der Waals surface area contributed by atoms with Crippen LogP contribution in [0.25, 0.3) is 0 Å². The van der Waals surface area contributed by atoms with E-state index in [9.17, 15) is 4.79 Å². The van der Waals surface area contributed by atoms with Crippen molar-refractivity contribution in [1.82, 2.24) is 0 Å². The average Bonchev–Trinajstić information content (AvgIpc) is 2.13. The summed E-state index contributed by atoms with van der Waals surface area (Å²) in [6, 6.07) is 0. The van der Waals surface area contributed by atoms with Crippen LogP contribution in [0.1, 0.15) is 13.3 Å². The Bertz CT molecular complexity index is 141. The van der Waals surface area contributed by atoms with Crippen LogP contribution in [0.15, 0.2) is 0 Å². The van der Waals surface area contributed by atoms with Gasteiger partial charge in [-0.2, -0.15) is 0 Å². The van der Waals surface area contributed by atoms with E-state index in [-0.39, 0.29) is 11.4 Å². The molecule has 0 amide bonds. The van der Waals surface area contributed by atoms with Gasteiger partial charge in [0.05, 0.1) is 0 Å². The Morgan fingerprint density at radius 2 is 2.71 bits per heavy atom. The molecule has 1 aliphatic heterocycles. The molecule has 2 fully saturated rings. The molecular weight excluding hydrogens is 92.1 g/mol. The Labute approximate surface area is 41.5 Å². The van der Waals surface area contributed by atoms with Crippen molar-refractivity contribution >= 4 is 5.97 Å². The predicted octanol–water partition coefficient (Wildman–Crippen LogP) is 0.322. The maximum Gasteiger partial charge on any atom is 0.316 e. The number of carbonyl (C=O) groups is 1. The highest BCUT2D eigenvalue weighted by Crippen LogP contribution is 2.57. The topological polar surface area (TPSA) is 26.3 Å². The van der Waals surface area contributed by atoms with E-state index >= 15 is 0 Å². The van der Waals surface area contributed by atoms with Gasteiger partial charge in [-0.3, -0.25) is 4.79 Å². The number of rotatable bonds is 0. The van der Waals surface area contributed by atoms with Crippen LogP contribution in [0.3, 0.4) is 0 Å². The second kappa shape index (κ2) is 0.602. The molecule has 2 unspecified atom stereocenters. The van der Waals surface area contributed by atoms with Crippen LogP contribution in [-0.2, 0) is 9.53 Å². The first-order valence-electron chi connectivity index (χ1n) is 2.44. The van der Waals surface area contributed by atoms with Crippen LogP contribution in [0.4, 0.5) is 0 Å². The van der Waals surface area contributed by atoms with E-state index in [1.165, 1.54) is 0 Å². The van der Waals surface area contributed by atoms with Gasteiger partial charge in [0.25, 0.3) is 0 Å². The monoisotopic (exact) mass is 98.0 g/mol. The van der Waals surface area contributed by atoms with Gasteiger partial charge in [0.1, 0.15) is 11.5 Å². The third-order valence-electron chi connectivity index (χ3n) is 1.88. The minimum absolute atomic E-state index is 0.00231. The zero-order valence-corrected chi connectivity index (χ0v) is 4.10. The maximum atomic E-state index is 10.4. The van der Waals surface area contributed by atoms with Crippen LogP contribution in [0.5, 0.6) is 0 Å². The van der Waals surface area contributed by atoms with Crippen LogP contribution in [0, 0.1) is 5.41 Å². The summed E-state index contributed by atoms with van der Waals surface area (Å²) in [4.78, 5) is 10.4. The first-order valence-corrected chi connectivity index (χ1v) is 2.44. The van der Waals surface area contributed by atoms with E-state index in [0.29, 0.717) is 6.10 Å². The van der Waals surface area contributed by atoms with Gasteiger partial charge < -0.3 is 4.74 Å². The van der Waals surface area contributed by atoms with Crippen molar-refractivity contribution < 1.29 is 9.53 Å². The summed E-state index contributed by atoms with van der Waals surface area (Å²) in [5.74, 6) is -0.00231. The molecule has 2 heteroatoms. The summed E-state index contributed by atoms with van der Waals surface area (Å²) in [6.07, 6.45) is 1.27. The van der Waals surface area contributed by atoms with Gasteiger partial charge in [0.2, 0.25) is 0 Å². The van der Waals surface area contributed by atoms with Crippen LogP contribution < -0.4 is 0 Å². The number of esters is 1. The predicted molar refractivity (Wildman–Crippen MR) is 22.6 cm³/mol. The highest BCUT2D eigenvalue weighted by molar-refractivity contribution is 5.87. The Hall–Kier alpha value is -0.530. The molecule has 2 nitrogen and oxygen atoms in total. The molecule has 0 bridgehead atoms. The Morgan fingerprint density at radius 1 is 2.00 bits per heavy atom. The summed E-state index contributed by atoms with van der Waals surface area (Å²) in [7, 11) is 0. The first kappa shape index (κ1) is 3.47. The SMILES string of the molecule is CC12CC1OC2=O. The number of hydrogen-bond acceptors (Lipinski definition) is 2. The van der Waals surface area contributed by atoms with Crippen molar-refractivity contribution in [3.05, 3.63) is 0 Å². The molecule has 1 saturated carbocycles. The molecule has 0 radical (unpaired) electrons. The Balaban J connectivity index is 2.32. The molecule has 1 aliphatic carbocycles. The third kappa shape index (κ3) is 0.193. The molecule has 1 saturated heterocycles. The molecule has 0 N–H and O–H groups in total. The normalized spacial score (nSPS) is 54.4. The Morgan fingerprint density at radius 3 is 2.71 bits per heavy atom. The summed E-state index contributed by atoms with van der Waals surface area (Å²) in [5.41, 5.74) is -0.0139. The molecule has 0 spiro atoms. The van der Waals surface area contributed by atoms with E-state index in [4.69, 9.17) is 0 Å². The van der Waals surface area contributed by atoms with Crippen molar-refractivity contribution in [2.75, 3.05) is 0 Å². The molecule has 0 aromatic heterocycles. The summed E-state index contributed by atoms with van der Waals surface area (Å²) >= 11 is 0. The zero-order valence-electron chi connectivity index (χ0n) is 4.10. The minimum atomic E-state index is -0.0139.